The molecule has 6 nitrogen and oxygen atoms in total. The quantitative estimate of drug-likeness (QED) is 0.430. The van der Waals surface area contributed by atoms with Gasteiger partial charge >= 0.3 is 5.97 Å². The van der Waals surface area contributed by atoms with Gasteiger partial charge in [-0.1, -0.05) is 0 Å². The van der Waals surface area contributed by atoms with E-state index in [4.69, 9.17) is 9.84 Å². The largest absolute Gasteiger partial charge is 0.481 e. The number of carboxylic acid groups (broad SMARTS) is 1. The molecule has 0 aromatic rings. The lowest BCUT2D eigenvalue weighted by Gasteiger charge is -2.38. The summed E-state index contributed by atoms with van der Waals surface area (Å²) in [5.74, 6) is -1.12. The van der Waals surface area contributed by atoms with Gasteiger partial charge in [-0.2, -0.15) is 0 Å². The van der Waals surface area contributed by atoms with Gasteiger partial charge in [-0.15, -0.1) is 0 Å². The monoisotopic (exact) mass is 206 g/mol. The van der Waals surface area contributed by atoms with Crippen molar-refractivity contribution in [3.05, 3.63) is 0 Å². The topological polar surface area (TPSA) is 107 Å². The highest BCUT2D eigenvalue weighted by Gasteiger charge is 2.42. The zero-order chi connectivity index (χ0) is 10.9. The Balaban J connectivity index is 2.65. The fourth-order valence-electron chi connectivity index (χ4n) is 1.48. The molecule has 1 fully saturated rings. The Morgan fingerprint density at radius 3 is 2.29 bits per heavy atom. The summed E-state index contributed by atoms with van der Waals surface area (Å²) in [6, 6.07) is 0. The second-order valence-corrected chi connectivity index (χ2v) is 3.45. The molecule has 1 unspecified atom stereocenters. The molecule has 4 N–H and O–H groups in total. The molecule has 1 heterocycles. The van der Waals surface area contributed by atoms with Crippen LogP contribution < -0.4 is 0 Å². The minimum absolute atomic E-state index is 0.394. The van der Waals surface area contributed by atoms with Crippen LogP contribution >= 0.6 is 0 Å². The fourth-order valence-corrected chi connectivity index (χ4v) is 1.48. The molecular formula is C8H14O6. The molecule has 0 saturated carbocycles. The third kappa shape index (κ3) is 2.21. The lowest BCUT2D eigenvalue weighted by molar-refractivity contribution is -0.219. The van der Waals surface area contributed by atoms with Gasteiger partial charge in [0.15, 0.2) is 0 Å². The molecule has 0 spiro atoms. The molecule has 5 atom stereocenters. The minimum atomic E-state index is -1.36. The molecule has 14 heavy (non-hydrogen) atoms. The van der Waals surface area contributed by atoms with E-state index < -0.39 is 42.9 Å². The van der Waals surface area contributed by atoms with Crippen LogP contribution in [-0.4, -0.2) is 56.9 Å². The number of aliphatic hydroxyl groups is 3. The summed E-state index contributed by atoms with van der Waals surface area (Å²) in [5.41, 5.74) is 0. The third-order valence-electron chi connectivity index (χ3n) is 2.33. The predicted molar refractivity (Wildman–Crippen MR) is 44.6 cm³/mol. The van der Waals surface area contributed by atoms with E-state index in [1.165, 1.54) is 6.92 Å². The summed E-state index contributed by atoms with van der Waals surface area (Å²) < 4.78 is 5.05. The normalized spacial score (nSPS) is 43.6. The van der Waals surface area contributed by atoms with E-state index in [0.717, 1.165) is 0 Å². The van der Waals surface area contributed by atoms with Crippen LogP contribution in [0.4, 0.5) is 0 Å². The maximum Gasteiger partial charge on any atom is 0.306 e. The van der Waals surface area contributed by atoms with Crippen molar-refractivity contribution in [2.24, 2.45) is 0 Å². The Labute approximate surface area is 80.7 Å². The van der Waals surface area contributed by atoms with Crippen molar-refractivity contribution in [1.82, 2.24) is 0 Å². The van der Waals surface area contributed by atoms with Gasteiger partial charge in [0, 0.05) is 0 Å². The van der Waals surface area contributed by atoms with E-state index in [2.05, 4.69) is 0 Å². The van der Waals surface area contributed by atoms with E-state index >= 15 is 0 Å². The van der Waals surface area contributed by atoms with Crippen molar-refractivity contribution >= 4 is 5.97 Å². The maximum absolute atomic E-state index is 10.4. The van der Waals surface area contributed by atoms with Crippen molar-refractivity contribution in [1.29, 1.82) is 0 Å². The van der Waals surface area contributed by atoms with Gasteiger partial charge in [-0.25, -0.2) is 0 Å². The second kappa shape index (κ2) is 4.22. The van der Waals surface area contributed by atoms with E-state index in [0.29, 0.717) is 0 Å². The highest BCUT2D eigenvalue weighted by Crippen LogP contribution is 2.22. The standard InChI is InChI=1S/C8H14O6/c1-3-6(11)8(13)7(12)4(14-3)2-5(9)10/h3-4,6-8,11-13H,2H2,1H3,(H,9,10)/t3-,4?,6-,7-,8+/m0/s1. The lowest BCUT2D eigenvalue weighted by atomic mass is 9.94. The first-order valence-electron chi connectivity index (χ1n) is 4.35. The summed E-state index contributed by atoms with van der Waals surface area (Å²) in [7, 11) is 0. The molecule has 0 aromatic carbocycles. The van der Waals surface area contributed by atoms with E-state index in [9.17, 15) is 20.1 Å². The second-order valence-electron chi connectivity index (χ2n) is 3.45. The molecule has 1 rings (SSSR count). The maximum atomic E-state index is 10.4. The van der Waals surface area contributed by atoms with Gasteiger partial charge in [-0.3, -0.25) is 4.79 Å². The molecule has 1 saturated heterocycles. The highest BCUT2D eigenvalue weighted by atomic mass is 16.5. The number of ether oxygens (including phenoxy) is 1. The SMILES string of the molecule is C[C@@H]1OC(CC(=O)O)[C@H](O)[C@H](O)[C@H]1O. The van der Waals surface area contributed by atoms with Gasteiger partial charge < -0.3 is 25.2 Å². The first kappa shape index (κ1) is 11.4. The van der Waals surface area contributed by atoms with Crippen LogP contribution in [0, 0.1) is 0 Å². The number of carbonyl (C=O) groups is 1. The summed E-state index contributed by atoms with van der Waals surface area (Å²) in [4.78, 5) is 10.4. The number of hydrogen-bond acceptors (Lipinski definition) is 5. The zero-order valence-electron chi connectivity index (χ0n) is 7.70. The van der Waals surface area contributed by atoms with Crippen molar-refractivity contribution < 1.29 is 30.0 Å². The molecule has 0 bridgehead atoms. The number of rotatable bonds is 2. The Kier molecular flexibility index (Phi) is 3.43. The van der Waals surface area contributed by atoms with Crippen LogP contribution in [0.2, 0.25) is 0 Å². The van der Waals surface area contributed by atoms with Gasteiger partial charge in [0.25, 0.3) is 0 Å². The number of aliphatic carboxylic acids is 1. The Hall–Kier alpha value is -0.690. The van der Waals surface area contributed by atoms with Crippen LogP contribution in [0.15, 0.2) is 0 Å². The Bertz CT molecular complexity index is 218. The molecule has 1 aliphatic heterocycles. The fraction of sp³-hybridized carbons (Fsp3) is 0.875. The van der Waals surface area contributed by atoms with E-state index in [1.54, 1.807) is 0 Å². The predicted octanol–water partition coefficient (Wildman–Crippen LogP) is -1.67. The van der Waals surface area contributed by atoms with Crippen molar-refractivity contribution in [3.8, 4) is 0 Å². The number of hydrogen-bond donors (Lipinski definition) is 4. The first-order chi connectivity index (χ1) is 6.43. The van der Waals surface area contributed by atoms with Gasteiger partial charge in [0.1, 0.15) is 18.3 Å². The lowest BCUT2D eigenvalue weighted by Crippen LogP contribution is -2.56. The van der Waals surface area contributed by atoms with Crippen LogP contribution in [-0.2, 0) is 9.53 Å². The molecule has 0 aliphatic carbocycles. The summed E-state index contributed by atoms with van der Waals surface area (Å²) in [6.07, 6.45) is -5.95. The van der Waals surface area contributed by atoms with Crippen LogP contribution in [0.3, 0.4) is 0 Å². The van der Waals surface area contributed by atoms with E-state index in [-0.39, 0.29) is 0 Å². The van der Waals surface area contributed by atoms with Crippen LogP contribution in [0.5, 0.6) is 0 Å². The Morgan fingerprint density at radius 1 is 1.21 bits per heavy atom. The molecule has 0 aromatic heterocycles. The summed E-state index contributed by atoms with van der Waals surface area (Å²) >= 11 is 0. The smallest absolute Gasteiger partial charge is 0.306 e. The average molecular weight is 206 g/mol. The number of aliphatic hydroxyl groups excluding tert-OH is 3. The number of carboxylic acids is 1. The van der Waals surface area contributed by atoms with Gasteiger partial charge in [-0.05, 0) is 6.92 Å². The van der Waals surface area contributed by atoms with E-state index in [1.807, 2.05) is 0 Å². The Morgan fingerprint density at radius 2 is 1.79 bits per heavy atom. The average Bonchev–Trinajstić information content (AvgIpc) is 2.10. The molecule has 1 aliphatic rings. The molecular weight excluding hydrogens is 192 g/mol. The van der Waals surface area contributed by atoms with Crippen molar-refractivity contribution in [2.45, 2.75) is 43.9 Å². The highest BCUT2D eigenvalue weighted by molar-refractivity contribution is 5.67. The van der Waals surface area contributed by atoms with Crippen LogP contribution in [0.1, 0.15) is 13.3 Å². The molecule has 0 radical (unpaired) electrons. The van der Waals surface area contributed by atoms with Crippen molar-refractivity contribution in [2.75, 3.05) is 0 Å². The van der Waals surface area contributed by atoms with Gasteiger partial charge in [0.05, 0.1) is 18.6 Å². The molecule has 6 heteroatoms. The van der Waals surface area contributed by atoms with Gasteiger partial charge in [0.2, 0.25) is 0 Å². The molecule has 0 amide bonds. The van der Waals surface area contributed by atoms with Crippen LogP contribution in [0.25, 0.3) is 0 Å². The summed E-state index contributed by atoms with van der Waals surface area (Å²) in [5, 5.41) is 36.5. The summed E-state index contributed by atoms with van der Waals surface area (Å²) in [6.45, 7) is 1.51. The third-order valence-corrected chi connectivity index (χ3v) is 2.33. The zero-order valence-corrected chi connectivity index (χ0v) is 7.70. The van der Waals surface area contributed by atoms with Crippen molar-refractivity contribution in [3.63, 3.8) is 0 Å². The minimum Gasteiger partial charge on any atom is -0.481 e. The molecule has 82 valence electrons. The first-order valence-corrected chi connectivity index (χ1v) is 4.35.